The fourth-order valence-electron chi connectivity index (χ4n) is 1.82. The molecule has 0 fully saturated rings. The van der Waals surface area contributed by atoms with Gasteiger partial charge >= 0.3 is 5.97 Å². The molecule has 0 radical (unpaired) electrons. The van der Waals surface area contributed by atoms with Gasteiger partial charge in [-0.1, -0.05) is 0 Å². The Morgan fingerprint density at radius 2 is 2.00 bits per heavy atom. The molecule has 5 heteroatoms. The van der Waals surface area contributed by atoms with Gasteiger partial charge in [0.1, 0.15) is 5.58 Å². The van der Waals surface area contributed by atoms with Crippen LogP contribution in [0.15, 0.2) is 33.7 Å². The highest BCUT2D eigenvalue weighted by atomic mass is 16.4. The van der Waals surface area contributed by atoms with Crippen molar-refractivity contribution in [3.63, 3.8) is 0 Å². The number of aromatic carboxylic acids is 1. The normalized spacial score (nSPS) is 11.7. The number of benzene rings is 1. The van der Waals surface area contributed by atoms with E-state index < -0.39 is 11.6 Å². The first-order chi connectivity index (χ1) is 8.30. The van der Waals surface area contributed by atoms with Gasteiger partial charge in [0, 0.05) is 6.07 Å². The van der Waals surface area contributed by atoms with Crippen LogP contribution in [0.4, 0.5) is 0 Å². The van der Waals surface area contributed by atoms with E-state index in [1.807, 2.05) is 0 Å². The lowest BCUT2D eigenvalue weighted by Gasteiger charge is -2.19. The second-order valence-corrected chi connectivity index (χ2v) is 4.55. The van der Waals surface area contributed by atoms with Gasteiger partial charge in [0.15, 0.2) is 5.43 Å². The Balaban J connectivity index is 2.96. The van der Waals surface area contributed by atoms with E-state index in [2.05, 4.69) is 0 Å². The van der Waals surface area contributed by atoms with Crippen LogP contribution in [-0.2, 0) is 5.60 Å². The maximum Gasteiger partial charge on any atom is 0.335 e. The molecule has 18 heavy (non-hydrogen) atoms. The topological polar surface area (TPSA) is 87.7 Å². The highest BCUT2D eigenvalue weighted by Crippen LogP contribution is 2.27. The predicted molar refractivity (Wildman–Crippen MR) is 64.7 cm³/mol. The summed E-state index contributed by atoms with van der Waals surface area (Å²) in [5, 5.41) is 19.3. The van der Waals surface area contributed by atoms with E-state index in [0.717, 1.165) is 0 Å². The molecule has 0 aliphatic carbocycles. The number of carboxylic acid groups (broad SMARTS) is 1. The Morgan fingerprint density at radius 1 is 1.33 bits per heavy atom. The Labute approximate surface area is 102 Å². The molecule has 2 N–H and O–H groups in total. The fraction of sp³-hybridized carbons (Fsp3) is 0.231. The lowest BCUT2D eigenvalue weighted by molar-refractivity contribution is 0.0694. The molecule has 94 valence electrons. The first-order valence-electron chi connectivity index (χ1n) is 5.32. The van der Waals surface area contributed by atoms with Crippen molar-refractivity contribution in [3.05, 3.63) is 45.8 Å². The first kappa shape index (κ1) is 12.3. The smallest absolute Gasteiger partial charge is 0.335 e. The zero-order valence-corrected chi connectivity index (χ0v) is 9.93. The third kappa shape index (κ3) is 2.00. The summed E-state index contributed by atoms with van der Waals surface area (Å²) in [6.07, 6.45) is 1.20. The minimum atomic E-state index is -1.33. The van der Waals surface area contributed by atoms with Crippen molar-refractivity contribution in [1.29, 1.82) is 0 Å². The number of fused-ring (bicyclic) bond motifs is 1. The highest BCUT2D eigenvalue weighted by molar-refractivity contribution is 5.94. The molecule has 1 heterocycles. The molecule has 1 aromatic carbocycles. The molecule has 0 amide bonds. The second-order valence-electron chi connectivity index (χ2n) is 4.55. The van der Waals surface area contributed by atoms with Gasteiger partial charge in [0.25, 0.3) is 0 Å². The third-order valence-electron chi connectivity index (χ3n) is 2.67. The average molecular weight is 248 g/mol. The van der Waals surface area contributed by atoms with E-state index in [1.54, 1.807) is 0 Å². The summed E-state index contributed by atoms with van der Waals surface area (Å²) in [4.78, 5) is 22.8. The van der Waals surface area contributed by atoms with E-state index in [9.17, 15) is 14.7 Å². The van der Waals surface area contributed by atoms with Gasteiger partial charge in [-0.25, -0.2) is 4.79 Å². The standard InChI is InChI=1S/C13H12O5/c1-13(2,17)8-5-7(12(15)16)6-10-11(8)9(14)3-4-18-10/h3-6,17H,1-2H3,(H,15,16). The lowest BCUT2D eigenvalue weighted by Crippen LogP contribution is -2.20. The molecule has 0 spiro atoms. The van der Waals surface area contributed by atoms with Gasteiger partial charge in [-0.05, 0) is 31.5 Å². The fourth-order valence-corrected chi connectivity index (χ4v) is 1.82. The molecule has 1 aromatic heterocycles. The highest BCUT2D eigenvalue weighted by Gasteiger charge is 2.23. The van der Waals surface area contributed by atoms with Crippen molar-refractivity contribution in [2.24, 2.45) is 0 Å². The lowest BCUT2D eigenvalue weighted by atomic mass is 9.92. The number of aliphatic hydroxyl groups is 1. The monoisotopic (exact) mass is 248 g/mol. The zero-order valence-electron chi connectivity index (χ0n) is 9.93. The SMILES string of the molecule is CC(C)(O)c1cc(C(=O)O)cc2occc(=O)c12. The predicted octanol–water partition coefficient (Wildman–Crippen LogP) is 1.72. The third-order valence-corrected chi connectivity index (χ3v) is 2.67. The molecular weight excluding hydrogens is 236 g/mol. The summed E-state index contributed by atoms with van der Waals surface area (Å²) in [5.41, 5.74) is -1.29. The molecule has 0 saturated carbocycles. The molecule has 2 rings (SSSR count). The van der Waals surface area contributed by atoms with Crippen LogP contribution in [0.2, 0.25) is 0 Å². The number of hydrogen-bond acceptors (Lipinski definition) is 4. The van der Waals surface area contributed by atoms with Crippen molar-refractivity contribution in [3.8, 4) is 0 Å². The van der Waals surface area contributed by atoms with Gasteiger partial charge < -0.3 is 14.6 Å². The van der Waals surface area contributed by atoms with E-state index in [0.29, 0.717) is 0 Å². The van der Waals surface area contributed by atoms with Crippen molar-refractivity contribution >= 4 is 16.9 Å². The largest absolute Gasteiger partial charge is 0.478 e. The van der Waals surface area contributed by atoms with Crippen LogP contribution in [0.25, 0.3) is 11.0 Å². The number of carboxylic acids is 1. The molecular formula is C13H12O5. The maximum atomic E-state index is 11.8. The van der Waals surface area contributed by atoms with Crippen LogP contribution < -0.4 is 5.43 Å². The molecule has 0 atom stereocenters. The van der Waals surface area contributed by atoms with Crippen LogP contribution in [0.5, 0.6) is 0 Å². The van der Waals surface area contributed by atoms with E-state index >= 15 is 0 Å². The van der Waals surface area contributed by atoms with Crippen LogP contribution in [0.3, 0.4) is 0 Å². The Hall–Kier alpha value is -2.14. The Kier molecular flexibility index (Phi) is 2.71. The minimum Gasteiger partial charge on any atom is -0.478 e. The van der Waals surface area contributed by atoms with Crippen molar-refractivity contribution in [1.82, 2.24) is 0 Å². The molecule has 5 nitrogen and oxygen atoms in total. The minimum absolute atomic E-state index is 0.0334. The van der Waals surface area contributed by atoms with Crippen molar-refractivity contribution in [2.75, 3.05) is 0 Å². The summed E-state index contributed by atoms with van der Waals surface area (Å²) in [6, 6.07) is 3.80. The molecule has 0 aliphatic rings. The average Bonchev–Trinajstić information content (AvgIpc) is 2.26. The maximum absolute atomic E-state index is 11.8. The molecule has 0 saturated heterocycles. The first-order valence-corrected chi connectivity index (χ1v) is 5.32. The van der Waals surface area contributed by atoms with Gasteiger partial charge in [-0.15, -0.1) is 0 Å². The molecule has 2 aromatic rings. The van der Waals surface area contributed by atoms with Gasteiger partial charge in [-0.2, -0.15) is 0 Å². The van der Waals surface area contributed by atoms with E-state index in [4.69, 9.17) is 9.52 Å². The van der Waals surface area contributed by atoms with E-state index in [-0.39, 0.29) is 27.5 Å². The summed E-state index contributed by atoms with van der Waals surface area (Å²) < 4.78 is 5.14. The Morgan fingerprint density at radius 3 is 2.56 bits per heavy atom. The summed E-state index contributed by atoms with van der Waals surface area (Å²) in [7, 11) is 0. The van der Waals surface area contributed by atoms with Crippen molar-refractivity contribution < 1.29 is 19.4 Å². The summed E-state index contributed by atoms with van der Waals surface area (Å²) >= 11 is 0. The number of carbonyl (C=O) groups is 1. The number of rotatable bonds is 2. The number of hydrogen-bond donors (Lipinski definition) is 2. The molecule has 0 bridgehead atoms. The van der Waals surface area contributed by atoms with E-state index in [1.165, 1.54) is 38.3 Å². The van der Waals surface area contributed by atoms with Gasteiger partial charge in [0.2, 0.25) is 0 Å². The second kappa shape index (κ2) is 3.96. The van der Waals surface area contributed by atoms with Crippen LogP contribution in [-0.4, -0.2) is 16.2 Å². The van der Waals surface area contributed by atoms with Crippen LogP contribution in [0.1, 0.15) is 29.8 Å². The zero-order chi connectivity index (χ0) is 13.5. The summed E-state index contributed by atoms with van der Waals surface area (Å²) in [6.45, 7) is 2.97. The molecule has 0 unspecified atom stereocenters. The van der Waals surface area contributed by atoms with Crippen LogP contribution in [0, 0.1) is 0 Å². The Bertz CT molecular complexity index is 676. The quantitative estimate of drug-likeness (QED) is 0.844. The van der Waals surface area contributed by atoms with Gasteiger partial charge in [0.05, 0.1) is 22.8 Å². The van der Waals surface area contributed by atoms with Crippen LogP contribution >= 0.6 is 0 Å². The van der Waals surface area contributed by atoms with Crippen molar-refractivity contribution in [2.45, 2.75) is 19.4 Å². The molecule has 0 aliphatic heterocycles. The van der Waals surface area contributed by atoms with Gasteiger partial charge in [-0.3, -0.25) is 4.79 Å². The summed E-state index contributed by atoms with van der Waals surface area (Å²) in [5.74, 6) is -1.14.